The average Bonchev–Trinajstić information content (AvgIpc) is 2.79. The third-order valence-electron chi connectivity index (χ3n) is 4.82. The number of benzene rings is 1. The van der Waals surface area contributed by atoms with Crippen LogP contribution in [0.4, 0.5) is 5.69 Å². The number of piperazine rings is 1. The van der Waals surface area contributed by atoms with Crippen LogP contribution in [-0.4, -0.2) is 57.9 Å². The predicted octanol–water partition coefficient (Wildman–Crippen LogP) is 2.27. The molecule has 3 heterocycles. The molecule has 1 N–H and O–H groups in total. The van der Waals surface area contributed by atoms with E-state index in [1.165, 1.54) is 11.8 Å². The van der Waals surface area contributed by atoms with Gasteiger partial charge in [-0.15, -0.1) is 11.8 Å². The molecule has 0 aliphatic carbocycles. The maximum absolute atomic E-state index is 12.6. The molecule has 0 bridgehead atoms. The Bertz CT molecular complexity index is 1020. The van der Waals surface area contributed by atoms with Crippen LogP contribution in [0.15, 0.2) is 70.6 Å². The van der Waals surface area contributed by atoms with Crippen molar-refractivity contribution in [3.8, 4) is 11.3 Å². The second kappa shape index (κ2) is 8.91. The number of anilines is 1. The van der Waals surface area contributed by atoms with Gasteiger partial charge in [0.25, 0.3) is 5.56 Å². The zero-order valence-corrected chi connectivity index (χ0v) is 16.6. The number of aromatic amines is 1. The van der Waals surface area contributed by atoms with Crippen LogP contribution in [0.1, 0.15) is 0 Å². The SMILES string of the molecule is O=C(CSc1ccncc1)N1CCN(c2cc(=O)[nH]nc2-c2ccccc2)CC1. The molecule has 0 unspecified atom stereocenters. The van der Waals surface area contributed by atoms with Gasteiger partial charge in [0, 0.05) is 55.1 Å². The summed E-state index contributed by atoms with van der Waals surface area (Å²) in [4.78, 5) is 33.5. The highest BCUT2D eigenvalue weighted by Gasteiger charge is 2.23. The maximum atomic E-state index is 12.6. The first-order valence-electron chi connectivity index (χ1n) is 9.41. The van der Waals surface area contributed by atoms with Crippen LogP contribution < -0.4 is 10.5 Å². The van der Waals surface area contributed by atoms with Gasteiger partial charge in [-0.05, 0) is 12.1 Å². The normalized spacial score (nSPS) is 14.1. The number of carbonyl (C=O) groups is 1. The fourth-order valence-electron chi connectivity index (χ4n) is 3.31. The quantitative estimate of drug-likeness (QED) is 0.654. The molecule has 1 saturated heterocycles. The topological polar surface area (TPSA) is 82.2 Å². The average molecular weight is 407 g/mol. The van der Waals surface area contributed by atoms with Gasteiger partial charge in [-0.2, -0.15) is 5.10 Å². The lowest BCUT2D eigenvalue weighted by Gasteiger charge is -2.36. The van der Waals surface area contributed by atoms with Crippen molar-refractivity contribution in [3.05, 3.63) is 71.3 Å². The van der Waals surface area contributed by atoms with Gasteiger partial charge in [-0.3, -0.25) is 14.6 Å². The number of carbonyl (C=O) groups excluding carboxylic acids is 1. The Balaban J connectivity index is 1.41. The van der Waals surface area contributed by atoms with E-state index >= 15 is 0 Å². The van der Waals surface area contributed by atoms with E-state index < -0.39 is 0 Å². The third kappa shape index (κ3) is 4.65. The molecule has 4 rings (SSSR count). The molecule has 7 nitrogen and oxygen atoms in total. The first kappa shape index (κ1) is 19.2. The molecule has 2 aromatic heterocycles. The third-order valence-corrected chi connectivity index (χ3v) is 5.82. The number of pyridine rings is 1. The number of hydrogen-bond acceptors (Lipinski definition) is 6. The van der Waals surface area contributed by atoms with Gasteiger partial charge in [0.2, 0.25) is 5.91 Å². The van der Waals surface area contributed by atoms with Gasteiger partial charge in [0.1, 0.15) is 5.69 Å². The highest BCUT2D eigenvalue weighted by atomic mass is 32.2. The number of nitrogens with one attached hydrogen (secondary N) is 1. The Morgan fingerprint density at radius 2 is 1.76 bits per heavy atom. The van der Waals surface area contributed by atoms with Gasteiger partial charge in [-0.25, -0.2) is 5.10 Å². The Hall–Kier alpha value is -3.13. The van der Waals surface area contributed by atoms with E-state index in [1.807, 2.05) is 47.4 Å². The van der Waals surface area contributed by atoms with E-state index in [0.717, 1.165) is 21.8 Å². The number of thioether (sulfide) groups is 1. The molecule has 0 saturated carbocycles. The fourth-order valence-corrected chi connectivity index (χ4v) is 4.10. The summed E-state index contributed by atoms with van der Waals surface area (Å²) >= 11 is 1.52. The lowest BCUT2D eigenvalue weighted by molar-refractivity contribution is -0.128. The highest BCUT2D eigenvalue weighted by Crippen LogP contribution is 2.28. The highest BCUT2D eigenvalue weighted by molar-refractivity contribution is 8.00. The molecular weight excluding hydrogens is 386 g/mol. The van der Waals surface area contributed by atoms with Gasteiger partial charge >= 0.3 is 0 Å². The summed E-state index contributed by atoms with van der Waals surface area (Å²) in [5.41, 5.74) is 2.27. The molecule has 148 valence electrons. The molecule has 8 heteroatoms. The summed E-state index contributed by atoms with van der Waals surface area (Å²) in [6, 6.07) is 15.2. The van der Waals surface area contributed by atoms with Crippen LogP contribution in [0.25, 0.3) is 11.3 Å². The molecule has 1 amide bonds. The minimum absolute atomic E-state index is 0.124. The van der Waals surface area contributed by atoms with Crippen LogP contribution in [0.3, 0.4) is 0 Å². The lowest BCUT2D eigenvalue weighted by atomic mass is 10.1. The zero-order chi connectivity index (χ0) is 20.1. The fraction of sp³-hybridized carbons (Fsp3) is 0.238. The molecule has 1 aliphatic heterocycles. The largest absolute Gasteiger partial charge is 0.366 e. The number of hydrogen-bond donors (Lipinski definition) is 1. The second-order valence-electron chi connectivity index (χ2n) is 6.67. The van der Waals surface area contributed by atoms with E-state index in [0.29, 0.717) is 31.9 Å². The Morgan fingerprint density at radius 1 is 1.03 bits per heavy atom. The summed E-state index contributed by atoms with van der Waals surface area (Å²) in [5, 5.41) is 6.81. The van der Waals surface area contributed by atoms with Gasteiger partial charge in [-0.1, -0.05) is 30.3 Å². The summed E-state index contributed by atoms with van der Waals surface area (Å²) in [6.45, 7) is 2.57. The smallest absolute Gasteiger partial charge is 0.266 e. The summed E-state index contributed by atoms with van der Waals surface area (Å²) in [6.07, 6.45) is 3.46. The van der Waals surface area contributed by atoms with E-state index in [2.05, 4.69) is 20.1 Å². The summed E-state index contributed by atoms with van der Waals surface area (Å²) < 4.78 is 0. The Kier molecular flexibility index (Phi) is 5.90. The first-order valence-corrected chi connectivity index (χ1v) is 10.4. The predicted molar refractivity (Wildman–Crippen MR) is 114 cm³/mol. The molecule has 0 atom stereocenters. The molecule has 29 heavy (non-hydrogen) atoms. The van der Waals surface area contributed by atoms with Crippen molar-refractivity contribution in [2.75, 3.05) is 36.8 Å². The number of amides is 1. The van der Waals surface area contributed by atoms with Crippen LogP contribution in [0.5, 0.6) is 0 Å². The van der Waals surface area contributed by atoms with Crippen molar-refractivity contribution < 1.29 is 4.79 Å². The molecule has 0 spiro atoms. The lowest BCUT2D eigenvalue weighted by Crippen LogP contribution is -2.49. The standard InChI is InChI=1S/C21H21N5O2S/c27-19-14-18(21(24-23-19)16-4-2-1-3-5-16)25-10-12-26(13-11-25)20(28)15-29-17-6-8-22-9-7-17/h1-9,14H,10-13,15H2,(H,23,27). The maximum Gasteiger partial charge on any atom is 0.266 e. The van der Waals surface area contributed by atoms with E-state index in [4.69, 9.17) is 0 Å². The minimum Gasteiger partial charge on any atom is -0.366 e. The molecule has 0 radical (unpaired) electrons. The Labute approximate surface area is 172 Å². The van der Waals surface area contributed by atoms with Crippen LogP contribution in [-0.2, 0) is 4.79 Å². The Morgan fingerprint density at radius 3 is 2.48 bits per heavy atom. The molecule has 1 fully saturated rings. The number of H-pyrrole nitrogens is 1. The van der Waals surface area contributed by atoms with E-state index in [1.54, 1.807) is 18.5 Å². The number of nitrogens with zero attached hydrogens (tertiary/aromatic N) is 4. The zero-order valence-electron chi connectivity index (χ0n) is 15.8. The van der Waals surface area contributed by atoms with E-state index in [-0.39, 0.29) is 11.5 Å². The van der Waals surface area contributed by atoms with Crippen LogP contribution in [0.2, 0.25) is 0 Å². The molecular formula is C21H21N5O2S. The summed E-state index contributed by atoms with van der Waals surface area (Å²) in [7, 11) is 0. The van der Waals surface area contributed by atoms with Crippen molar-refractivity contribution in [2.24, 2.45) is 0 Å². The molecule has 3 aromatic rings. The molecule has 1 aliphatic rings. The first-order chi connectivity index (χ1) is 14.2. The molecule has 1 aromatic carbocycles. The van der Waals surface area contributed by atoms with Crippen molar-refractivity contribution >= 4 is 23.4 Å². The van der Waals surface area contributed by atoms with Crippen molar-refractivity contribution in [1.82, 2.24) is 20.1 Å². The number of rotatable bonds is 5. The van der Waals surface area contributed by atoms with Crippen LogP contribution in [0, 0.1) is 0 Å². The summed E-state index contributed by atoms with van der Waals surface area (Å²) in [5.74, 6) is 0.532. The van der Waals surface area contributed by atoms with Gasteiger partial charge in [0.15, 0.2) is 0 Å². The van der Waals surface area contributed by atoms with Gasteiger partial charge in [0.05, 0.1) is 11.4 Å². The van der Waals surface area contributed by atoms with Crippen molar-refractivity contribution in [2.45, 2.75) is 4.90 Å². The van der Waals surface area contributed by atoms with Crippen molar-refractivity contribution in [1.29, 1.82) is 0 Å². The monoisotopic (exact) mass is 407 g/mol. The second-order valence-corrected chi connectivity index (χ2v) is 7.72. The minimum atomic E-state index is -0.230. The van der Waals surface area contributed by atoms with Crippen LogP contribution >= 0.6 is 11.8 Å². The van der Waals surface area contributed by atoms with E-state index in [9.17, 15) is 9.59 Å². The van der Waals surface area contributed by atoms with Gasteiger partial charge < -0.3 is 9.80 Å². The number of aromatic nitrogens is 3. The van der Waals surface area contributed by atoms with Crippen molar-refractivity contribution in [3.63, 3.8) is 0 Å².